The minimum atomic E-state index is -0.920. The van der Waals surface area contributed by atoms with E-state index in [1.54, 1.807) is 13.0 Å². The van der Waals surface area contributed by atoms with Crippen LogP contribution in [0.1, 0.15) is 36.0 Å². The molecule has 2 aliphatic heterocycles. The lowest BCUT2D eigenvalue weighted by Crippen LogP contribution is -2.43. The van der Waals surface area contributed by atoms with Crippen molar-refractivity contribution in [3.05, 3.63) is 94.2 Å². The van der Waals surface area contributed by atoms with E-state index < -0.39 is 23.2 Å². The van der Waals surface area contributed by atoms with Gasteiger partial charge in [0.25, 0.3) is 0 Å². The van der Waals surface area contributed by atoms with Gasteiger partial charge in [-0.2, -0.15) is 9.97 Å². The zero-order valence-corrected chi connectivity index (χ0v) is 27.2. The van der Waals surface area contributed by atoms with Gasteiger partial charge in [0.1, 0.15) is 41.3 Å². The number of para-hydroxylation sites is 1. The first-order valence-electron chi connectivity index (χ1n) is 16.4. The van der Waals surface area contributed by atoms with Gasteiger partial charge in [-0.15, -0.1) is 0 Å². The summed E-state index contributed by atoms with van der Waals surface area (Å²) in [5.74, 6) is -0.242. The lowest BCUT2D eigenvalue weighted by molar-refractivity contribution is 0.107. The number of nitrogens with one attached hydrogen (secondary N) is 1. The van der Waals surface area contributed by atoms with E-state index in [1.165, 1.54) is 24.3 Å². The van der Waals surface area contributed by atoms with Crippen LogP contribution >= 0.6 is 0 Å². The topological polar surface area (TPSA) is 106 Å². The molecule has 3 aromatic carbocycles. The number of fused-ring (bicyclic) bond motifs is 4. The Hall–Kier alpha value is -5.29. The van der Waals surface area contributed by atoms with Crippen molar-refractivity contribution in [1.82, 2.24) is 19.4 Å². The van der Waals surface area contributed by atoms with Crippen LogP contribution in [0.15, 0.2) is 70.5 Å². The molecule has 5 heterocycles. The number of nitrogens with zero attached hydrogens (tertiary/aromatic N) is 4. The first-order chi connectivity index (χ1) is 23.7. The number of aryl methyl sites for hydroxylation is 2. The van der Waals surface area contributed by atoms with Crippen LogP contribution in [-0.2, 0) is 13.6 Å². The fourth-order valence-corrected chi connectivity index (χ4v) is 7.91. The zero-order valence-electron chi connectivity index (χ0n) is 27.2. The van der Waals surface area contributed by atoms with Crippen molar-refractivity contribution in [1.29, 1.82) is 0 Å². The molecule has 2 saturated heterocycles. The maximum atomic E-state index is 15.0. The molecule has 2 fully saturated rings. The van der Waals surface area contributed by atoms with E-state index in [4.69, 9.17) is 14.1 Å². The number of phenols is 1. The molecule has 250 valence electrons. The second kappa shape index (κ2) is 11.7. The number of ether oxygens (including phenoxy) is 1. The van der Waals surface area contributed by atoms with Gasteiger partial charge < -0.3 is 24.1 Å². The number of alkyl halides is 1. The number of hydrogen-bond acceptors (Lipinski definition) is 8. The summed E-state index contributed by atoms with van der Waals surface area (Å²) in [6.45, 7) is 7.28. The molecule has 2 N–H and O–H groups in total. The van der Waals surface area contributed by atoms with Gasteiger partial charge in [0.05, 0.1) is 11.1 Å². The molecule has 0 unspecified atom stereocenters. The smallest absolute Gasteiger partial charge is 0.349 e. The molecule has 49 heavy (non-hydrogen) atoms. The Morgan fingerprint density at radius 1 is 1.20 bits per heavy atom. The number of phenolic OH excluding ortho intramolecular Hbond substituents is 1. The Morgan fingerprint density at radius 2 is 2.04 bits per heavy atom. The molecule has 0 spiro atoms. The molecule has 0 radical (unpaired) electrons. The molecule has 0 bridgehead atoms. The third kappa shape index (κ3) is 5.11. The summed E-state index contributed by atoms with van der Waals surface area (Å²) in [6, 6.07) is 13.9. The van der Waals surface area contributed by atoms with Crippen molar-refractivity contribution in [2.24, 2.45) is 7.05 Å². The summed E-state index contributed by atoms with van der Waals surface area (Å²) in [7, 11) is 1.98. The normalized spacial score (nSPS) is 19.2. The fourth-order valence-electron chi connectivity index (χ4n) is 7.91. The average Bonchev–Trinajstić information content (AvgIpc) is 3.73. The van der Waals surface area contributed by atoms with Crippen molar-refractivity contribution in [3.63, 3.8) is 0 Å². The van der Waals surface area contributed by atoms with Crippen LogP contribution in [0.5, 0.6) is 11.8 Å². The van der Waals surface area contributed by atoms with Gasteiger partial charge in [-0.25, -0.2) is 13.6 Å². The predicted octanol–water partition coefficient (Wildman–Crippen LogP) is 7.26. The monoisotopic (exact) mass is 663 g/mol. The summed E-state index contributed by atoms with van der Waals surface area (Å²) in [5.41, 5.74) is 2.17. The SMILES string of the molecule is C=Cc1c(F)ccc2cc(O)cc(-c3oc(=O)c4c(NCc5cn(C)c6ccccc56)nc(OC[C@@]56CCCN5C[C@H](F)C6)nc4c3C)c12. The van der Waals surface area contributed by atoms with Gasteiger partial charge in [0.15, 0.2) is 0 Å². The Bertz CT molecular complexity index is 2370. The third-order valence-corrected chi connectivity index (χ3v) is 10.2. The number of rotatable bonds is 8. The van der Waals surface area contributed by atoms with Gasteiger partial charge in [-0.3, -0.25) is 4.90 Å². The highest BCUT2D eigenvalue weighted by molar-refractivity contribution is 6.04. The predicted molar refractivity (Wildman–Crippen MR) is 186 cm³/mol. The van der Waals surface area contributed by atoms with Crippen LogP contribution < -0.4 is 15.7 Å². The molecule has 0 aliphatic carbocycles. The largest absolute Gasteiger partial charge is 0.508 e. The molecule has 6 aromatic rings. The van der Waals surface area contributed by atoms with Crippen LogP contribution in [0.25, 0.3) is 50.0 Å². The summed E-state index contributed by atoms with van der Waals surface area (Å²) in [5, 5.41) is 16.2. The lowest BCUT2D eigenvalue weighted by Gasteiger charge is -2.30. The standard InChI is InChI=1S/C38H35F2N5O4/c1-4-26-29(40)11-10-22-14-25(46)15-28(31(22)26)34-21(2)33-32(36(47)49-34)35(41-17-23-18-44(3)30-9-6-5-8-27(23)30)43-37(42-33)48-20-38-12-7-13-45(38)19-24(39)16-38/h4-6,8-11,14-15,18,24,46H,1,7,12-13,16-17,19-20H2,2-3H3,(H,41,42,43)/t24-,38+/m1/s1. The Morgan fingerprint density at radius 3 is 2.88 bits per heavy atom. The van der Waals surface area contributed by atoms with E-state index in [2.05, 4.69) is 21.8 Å². The minimum Gasteiger partial charge on any atom is -0.508 e. The maximum absolute atomic E-state index is 15.0. The van der Waals surface area contributed by atoms with Crippen LogP contribution in [0.2, 0.25) is 0 Å². The number of benzene rings is 3. The maximum Gasteiger partial charge on any atom is 0.349 e. The first-order valence-corrected chi connectivity index (χ1v) is 16.4. The van der Waals surface area contributed by atoms with Crippen molar-refractivity contribution >= 4 is 44.5 Å². The summed E-state index contributed by atoms with van der Waals surface area (Å²) in [6.07, 6.45) is 4.65. The number of aromatic hydroxyl groups is 1. The van der Waals surface area contributed by atoms with Gasteiger partial charge in [-0.05, 0) is 61.5 Å². The molecule has 0 saturated carbocycles. The first kappa shape index (κ1) is 31.0. The van der Waals surface area contributed by atoms with Crippen molar-refractivity contribution in [2.75, 3.05) is 25.0 Å². The summed E-state index contributed by atoms with van der Waals surface area (Å²) in [4.78, 5) is 25.5. The molecular formula is C38H35F2N5O4. The number of anilines is 1. The van der Waals surface area contributed by atoms with Crippen molar-refractivity contribution < 1.29 is 23.0 Å². The highest BCUT2D eigenvalue weighted by atomic mass is 19.1. The Labute approximate surface area is 280 Å². The van der Waals surface area contributed by atoms with Gasteiger partial charge in [0.2, 0.25) is 0 Å². The van der Waals surface area contributed by atoms with Gasteiger partial charge in [-0.1, -0.05) is 36.9 Å². The molecular weight excluding hydrogens is 628 g/mol. The summed E-state index contributed by atoms with van der Waals surface area (Å²) >= 11 is 0. The van der Waals surface area contributed by atoms with Gasteiger partial charge in [0, 0.05) is 65.7 Å². The van der Waals surface area contributed by atoms with E-state index in [9.17, 15) is 14.3 Å². The molecule has 2 atom stereocenters. The quantitative estimate of drug-likeness (QED) is 0.175. The number of aromatic nitrogens is 3. The highest BCUT2D eigenvalue weighted by Crippen LogP contribution is 2.42. The lowest BCUT2D eigenvalue weighted by atomic mass is 9.94. The molecule has 0 amide bonds. The highest BCUT2D eigenvalue weighted by Gasteiger charge is 2.49. The van der Waals surface area contributed by atoms with Gasteiger partial charge >= 0.3 is 11.6 Å². The Balaban J connectivity index is 1.28. The molecule has 11 heteroatoms. The zero-order chi connectivity index (χ0) is 34.0. The van der Waals surface area contributed by atoms with E-state index >= 15 is 4.39 Å². The van der Waals surface area contributed by atoms with Crippen molar-refractivity contribution in [3.8, 4) is 23.1 Å². The number of hydrogen-bond donors (Lipinski definition) is 2. The second-order valence-electron chi connectivity index (χ2n) is 13.2. The number of halogens is 2. The van der Waals surface area contributed by atoms with Crippen LogP contribution in [0, 0.1) is 12.7 Å². The van der Waals surface area contributed by atoms with Crippen LogP contribution in [-0.4, -0.2) is 55.9 Å². The minimum absolute atomic E-state index is 0.0368. The average molecular weight is 664 g/mol. The van der Waals surface area contributed by atoms with E-state index in [1.807, 2.05) is 42.1 Å². The second-order valence-corrected chi connectivity index (χ2v) is 13.2. The third-order valence-electron chi connectivity index (χ3n) is 10.2. The molecule has 2 aliphatic rings. The van der Waals surface area contributed by atoms with E-state index in [0.717, 1.165) is 35.9 Å². The molecule has 8 rings (SSSR count). The summed E-state index contributed by atoms with van der Waals surface area (Å²) < 4.78 is 43.9. The van der Waals surface area contributed by atoms with Crippen molar-refractivity contribution in [2.45, 2.75) is 44.4 Å². The van der Waals surface area contributed by atoms with E-state index in [0.29, 0.717) is 41.4 Å². The Kier molecular flexibility index (Phi) is 7.40. The fraction of sp³-hybridized carbons (Fsp3) is 0.289. The van der Waals surface area contributed by atoms with Crippen LogP contribution in [0.4, 0.5) is 14.6 Å². The van der Waals surface area contributed by atoms with E-state index in [-0.39, 0.29) is 46.4 Å². The molecule has 3 aromatic heterocycles. The van der Waals surface area contributed by atoms with Crippen LogP contribution in [0.3, 0.4) is 0 Å². The molecule has 9 nitrogen and oxygen atoms in total.